The average molecular weight is 282 g/mol. The third-order valence-electron chi connectivity index (χ3n) is 2.96. The second-order valence-electron chi connectivity index (χ2n) is 4.68. The second kappa shape index (κ2) is 4.60. The van der Waals surface area contributed by atoms with Gasteiger partial charge in [-0.1, -0.05) is 0 Å². The van der Waals surface area contributed by atoms with Gasteiger partial charge >= 0.3 is 103 Å². The molecule has 0 aromatic heterocycles. The minimum absolute atomic E-state index is 0.195. The molecule has 1 amide bonds. The Balaban J connectivity index is 2.05. The fourth-order valence-corrected chi connectivity index (χ4v) is 4.56. The Hall–Kier alpha value is -0.791. The molecule has 1 saturated heterocycles. The summed E-state index contributed by atoms with van der Waals surface area (Å²) >= 11 is 0.399. The molecule has 2 rings (SSSR count). The van der Waals surface area contributed by atoms with Gasteiger partial charge in [0.2, 0.25) is 0 Å². The predicted octanol–water partition coefficient (Wildman–Crippen LogP) is 1.49. The van der Waals surface area contributed by atoms with Gasteiger partial charge in [-0.05, 0) is 0 Å². The summed E-state index contributed by atoms with van der Waals surface area (Å²) < 4.78 is 1.60. The van der Waals surface area contributed by atoms with Gasteiger partial charge in [-0.15, -0.1) is 0 Å². The molecule has 1 aliphatic heterocycles. The van der Waals surface area contributed by atoms with Crippen molar-refractivity contribution in [2.45, 2.75) is 37.0 Å². The molecule has 1 aliphatic rings. The van der Waals surface area contributed by atoms with Crippen molar-refractivity contribution in [2.75, 3.05) is 0 Å². The summed E-state index contributed by atoms with van der Waals surface area (Å²) in [5.41, 5.74) is 0. The standard InChI is InChI=1S/C13H17NOSe/c1-13(2,11-8-9-12(15)14-11)16-10-6-4-3-5-7-10/h3-7,11H,8-9H2,1-2H3,(H,14,15). The predicted molar refractivity (Wildman–Crippen MR) is 67.0 cm³/mol. The van der Waals surface area contributed by atoms with E-state index in [9.17, 15) is 4.79 Å². The fraction of sp³-hybridized carbons (Fsp3) is 0.462. The van der Waals surface area contributed by atoms with Gasteiger partial charge in [0.1, 0.15) is 0 Å². The summed E-state index contributed by atoms with van der Waals surface area (Å²) in [7, 11) is 0. The third-order valence-corrected chi connectivity index (χ3v) is 5.72. The van der Waals surface area contributed by atoms with Crippen LogP contribution in [0.2, 0.25) is 4.31 Å². The molecule has 0 bridgehead atoms. The Morgan fingerprint density at radius 2 is 2.00 bits per heavy atom. The van der Waals surface area contributed by atoms with Gasteiger partial charge in [-0.2, -0.15) is 0 Å². The maximum atomic E-state index is 11.2. The van der Waals surface area contributed by atoms with Crippen LogP contribution in [0.25, 0.3) is 0 Å². The van der Waals surface area contributed by atoms with Crippen LogP contribution in [0.15, 0.2) is 30.3 Å². The number of hydrogen-bond donors (Lipinski definition) is 1. The van der Waals surface area contributed by atoms with E-state index < -0.39 is 0 Å². The SMILES string of the molecule is CC(C)([Se]c1ccccc1)C1CCC(=O)N1. The molecule has 86 valence electrons. The van der Waals surface area contributed by atoms with E-state index in [1.807, 2.05) is 6.07 Å². The van der Waals surface area contributed by atoms with Crippen LogP contribution >= 0.6 is 0 Å². The molecule has 2 nitrogen and oxygen atoms in total. The zero-order chi connectivity index (χ0) is 11.6. The topological polar surface area (TPSA) is 29.1 Å². The van der Waals surface area contributed by atoms with Gasteiger partial charge in [0.25, 0.3) is 0 Å². The average Bonchev–Trinajstić information content (AvgIpc) is 2.66. The van der Waals surface area contributed by atoms with E-state index >= 15 is 0 Å². The van der Waals surface area contributed by atoms with Crippen LogP contribution in [-0.2, 0) is 4.79 Å². The van der Waals surface area contributed by atoms with Crippen LogP contribution in [0.4, 0.5) is 0 Å². The van der Waals surface area contributed by atoms with Crippen LogP contribution in [0.5, 0.6) is 0 Å². The van der Waals surface area contributed by atoms with E-state index in [1.165, 1.54) is 4.46 Å². The first-order valence-corrected chi connectivity index (χ1v) is 7.33. The summed E-state index contributed by atoms with van der Waals surface area (Å²) in [6.07, 6.45) is 1.68. The van der Waals surface area contributed by atoms with E-state index in [2.05, 4.69) is 43.4 Å². The molecule has 0 aliphatic carbocycles. The number of amides is 1. The molecule has 0 spiro atoms. The van der Waals surface area contributed by atoms with Crippen LogP contribution in [0.1, 0.15) is 26.7 Å². The molecule has 1 unspecified atom stereocenters. The number of carbonyl (C=O) groups excluding carboxylic acids is 1. The molecule has 16 heavy (non-hydrogen) atoms. The second-order valence-corrected chi connectivity index (χ2v) is 8.30. The maximum absolute atomic E-state index is 11.2. The molecule has 1 N–H and O–H groups in total. The van der Waals surface area contributed by atoms with Crippen molar-refractivity contribution < 1.29 is 4.79 Å². The van der Waals surface area contributed by atoms with Crippen LogP contribution < -0.4 is 9.78 Å². The van der Waals surface area contributed by atoms with Gasteiger partial charge in [0.15, 0.2) is 0 Å². The first-order chi connectivity index (χ1) is 7.58. The molecular weight excluding hydrogens is 265 g/mol. The molecular formula is C13H17NOSe. The molecule has 1 heterocycles. The molecule has 1 atom stereocenters. The van der Waals surface area contributed by atoms with Crippen LogP contribution in [0.3, 0.4) is 0 Å². The van der Waals surface area contributed by atoms with Crippen molar-refractivity contribution in [3.8, 4) is 0 Å². The minimum atomic E-state index is 0.195. The Kier molecular flexibility index (Phi) is 3.36. The molecule has 1 aromatic carbocycles. The number of rotatable bonds is 3. The van der Waals surface area contributed by atoms with Gasteiger partial charge in [-0.25, -0.2) is 0 Å². The van der Waals surface area contributed by atoms with E-state index in [0.29, 0.717) is 27.4 Å². The Morgan fingerprint density at radius 1 is 1.31 bits per heavy atom. The van der Waals surface area contributed by atoms with Crippen molar-refractivity contribution in [3.05, 3.63) is 30.3 Å². The molecule has 0 saturated carbocycles. The Labute approximate surface area is 103 Å². The first kappa shape index (κ1) is 11.7. The zero-order valence-electron chi connectivity index (χ0n) is 9.69. The van der Waals surface area contributed by atoms with Crippen molar-refractivity contribution in [1.82, 2.24) is 5.32 Å². The fourth-order valence-electron chi connectivity index (χ4n) is 2.00. The number of carbonyl (C=O) groups is 1. The van der Waals surface area contributed by atoms with Crippen molar-refractivity contribution >= 4 is 25.3 Å². The number of nitrogens with one attached hydrogen (secondary N) is 1. The monoisotopic (exact) mass is 283 g/mol. The molecule has 1 fully saturated rings. The van der Waals surface area contributed by atoms with Gasteiger partial charge in [-0.3, -0.25) is 0 Å². The van der Waals surface area contributed by atoms with E-state index in [0.717, 1.165) is 6.42 Å². The molecule has 1 aromatic rings. The molecule has 0 radical (unpaired) electrons. The summed E-state index contributed by atoms with van der Waals surface area (Å²) in [6, 6.07) is 10.9. The summed E-state index contributed by atoms with van der Waals surface area (Å²) in [6.45, 7) is 4.52. The Morgan fingerprint density at radius 3 is 2.56 bits per heavy atom. The summed E-state index contributed by atoms with van der Waals surface area (Å²) in [5.74, 6) is 0.210. The van der Waals surface area contributed by atoms with E-state index in [4.69, 9.17) is 0 Å². The van der Waals surface area contributed by atoms with Crippen molar-refractivity contribution in [2.24, 2.45) is 0 Å². The van der Waals surface area contributed by atoms with Crippen molar-refractivity contribution in [3.63, 3.8) is 0 Å². The molecule has 3 heteroatoms. The van der Waals surface area contributed by atoms with E-state index in [1.54, 1.807) is 0 Å². The normalized spacial score (nSPS) is 20.9. The van der Waals surface area contributed by atoms with Crippen LogP contribution in [0, 0.1) is 0 Å². The quantitative estimate of drug-likeness (QED) is 0.836. The van der Waals surface area contributed by atoms with Gasteiger partial charge in [0, 0.05) is 0 Å². The number of benzene rings is 1. The Bertz CT molecular complexity index is 375. The van der Waals surface area contributed by atoms with Gasteiger partial charge < -0.3 is 0 Å². The van der Waals surface area contributed by atoms with E-state index in [-0.39, 0.29) is 10.2 Å². The summed E-state index contributed by atoms with van der Waals surface area (Å²) in [4.78, 5) is 11.2. The summed E-state index contributed by atoms with van der Waals surface area (Å²) in [5, 5.41) is 3.09. The van der Waals surface area contributed by atoms with Gasteiger partial charge in [0.05, 0.1) is 0 Å². The number of hydrogen-bond acceptors (Lipinski definition) is 1. The third kappa shape index (κ3) is 2.66. The van der Waals surface area contributed by atoms with Crippen LogP contribution in [-0.4, -0.2) is 26.9 Å². The van der Waals surface area contributed by atoms with Crippen molar-refractivity contribution in [1.29, 1.82) is 0 Å². The first-order valence-electron chi connectivity index (χ1n) is 5.61. The zero-order valence-corrected chi connectivity index (χ0v) is 11.4.